The molecule has 0 aromatic rings. The Bertz CT molecular complexity index is 482. The van der Waals surface area contributed by atoms with Crippen LogP contribution in [0.3, 0.4) is 0 Å². The number of methoxy groups -OCH3 is 1. The summed E-state index contributed by atoms with van der Waals surface area (Å²) in [5.74, 6) is -0.836. The van der Waals surface area contributed by atoms with Gasteiger partial charge in [0.05, 0.1) is 18.8 Å². The summed E-state index contributed by atoms with van der Waals surface area (Å²) in [5, 5.41) is 44.3. The van der Waals surface area contributed by atoms with Crippen LogP contribution in [0.5, 0.6) is 0 Å². The second-order valence-electron chi connectivity index (χ2n) is 8.61. The fraction of sp³-hybridized carbons (Fsp3) is 0.900. The molecule has 5 atom stereocenters. The van der Waals surface area contributed by atoms with Crippen molar-refractivity contribution in [1.29, 1.82) is 0 Å². The maximum absolute atomic E-state index is 12.4. The van der Waals surface area contributed by atoms with E-state index in [0.29, 0.717) is 26.0 Å². The zero-order valence-electron chi connectivity index (χ0n) is 18.4. The van der Waals surface area contributed by atoms with Crippen LogP contribution in [-0.2, 0) is 14.3 Å². The van der Waals surface area contributed by atoms with E-state index in [1.807, 2.05) is 20.8 Å². The summed E-state index contributed by atoms with van der Waals surface area (Å²) in [5.41, 5.74) is -0.0870. The lowest BCUT2D eigenvalue weighted by atomic mass is 9.82. The molecule has 9 heteroatoms. The fourth-order valence-corrected chi connectivity index (χ4v) is 2.92. The van der Waals surface area contributed by atoms with Crippen LogP contribution in [0.25, 0.3) is 0 Å². The van der Waals surface area contributed by atoms with E-state index in [0.717, 1.165) is 0 Å². The summed E-state index contributed by atoms with van der Waals surface area (Å²) < 4.78 is 4.93. The van der Waals surface area contributed by atoms with Crippen molar-refractivity contribution in [3.8, 4) is 0 Å². The highest BCUT2D eigenvalue weighted by atomic mass is 16.5. The minimum atomic E-state index is -1.58. The van der Waals surface area contributed by atoms with Gasteiger partial charge in [-0.2, -0.15) is 0 Å². The zero-order chi connectivity index (χ0) is 22.6. The third kappa shape index (κ3) is 12.1. The van der Waals surface area contributed by atoms with Crippen molar-refractivity contribution in [3.05, 3.63) is 0 Å². The lowest BCUT2D eigenvalue weighted by Crippen LogP contribution is -2.48. The number of nitrogens with one attached hydrogen (secondary N) is 2. The van der Waals surface area contributed by atoms with Gasteiger partial charge in [-0.25, -0.2) is 0 Å². The van der Waals surface area contributed by atoms with Crippen molar-refractivity contribution < 1.29 is 34.8 Å². The lowest BCUT2D eigenvalue weighted by Gasteiger charge is -2.26. The summed E-state index contributed by atoms with van der Waals surface area (Å²) in [7, 11) is 1.55. The summed E-state index contributed by atoms with van der Waals surface area (Å²) in [6, 6.07) is 0. The molecule has 9 nitrogen and oxygen atoms in total. The van der Waals surface area contributed by atoms with E-state index in [9.17, 15) is 30.0 Å². The topological polar surface area (TPSA) is 148 Å². The Labute approximate surface area is 173 Å². The van der Waals surface area contributed by atoms with Gasteiger partial charge >= 0.3 is 0 Å². The highest BCUT2D eigenvalue weighted by Gasteiger charge is 2.30. The Morgan fingerprint density at radius 2 is 1.59 bits per heavy atom. The van der Waals surface area contributed by atoms with Crippen molar-refractivity contribution in [3.63, 3.8) is 0 Å². The second-order valence-corrected chi connectivity index (χ2v) is 8.61. The van der Waals surface area contributed by atoms with Gasteiger partial charge in [0.25, 0.3) is 0 Å². The van der Waals surface area contributed by atoms with Gasteiger partial charge in [0.2, 0.25) is 11.8 Å². The molecule has 6 N–H and O–H groups in total. The molecule has 2 amide bonds. The van der Waals surface area contributed by atoms with Gasteiger partial charge in [-0.05, 0) is 24.7 Å². The summed E-state index contributed by atoms with van der Waals surface area (Å²) in [6.07, 6.45) is -4.40. The molecule has 0 aromatic carbocycles. The lowest BCUT2D eigenvalue weighted by molar-refractivity contribution is -0.127. The van der Waals surface area contributed by atoms with Crippen molar-refractivity contribution in [2.24, 2.45) is 11.3 Å². The average Bonchev–Trinajstić information content (AvgIpc) is 2.66. The molecule has 172 valence electrons. The number of amides is 2. The number of carbonyl (C=O) groups excluding carboxylic acids is 2. The standard InChI is InChI=1S/C20H40N2O7/c1-6-14(23)17(26)18(27)15(24)12-22-16(25)8-7-13(11-20(2,3)4)19(28)21-9-10-29-5/h13-15,17-18,23-24,26-27H,6-12H2,1-5H3,(H,21,28)(H,22,25)/t13?,14-,15+,17-,18-/m1/s1. The molecule has 0 saturated carbocycles. The molecule has 0 radical (unpaired) electrons. The molecule has 0 aromatic heterocycles. The van der Waals surface area contributed by atoms with Gasteiger partial charge in [-0.15, -0.1) is 0 Å². The Balaban J connectivity index is 4.57. The average molecular weight is 421 g/mol. The van der Waals surface area contributed by atoms with Crippen molar-refractivity contribution in [2.45, 2.75) is 77.8 Å². The van der Waals surface area contributed by atoms with Crippen LogP contribution in [0.15, 0.2) is 0 Å². The van der Waals surface area contributed by atoms with E-state index < -0.39 is 24.4 Å². The predicted octanol–water partition coefficient (Wildman–Crippen LogP) is -0.449. The van der Waals surface area contributed by atoms with Crippen molar-refractivity contribution in [2.75, 3.05) is 26.8 Å². The van der Waals surface area contributed by atoms with Crippen molar-refractivity contribution in [1.82, 2.24) is 10.6 Å². The van der Waals surface area contributed by atoms with Gasteiger partial charge in [-0.3, -0.25) is 9.59 Å². The fourth-order valence-electron chi connectivity index (χ4n) is 2.92. The molecule has 0 bridgehead atoms. The molecule has 29 heavy (non-hydrogen) atoms. The molecule has 0 rings (SSSR count). The SMILES string of the molecule is CC[C@@H](O)[C@@H](O)[C@H](O)[C@@H](O)CNC(=O)CCC(CC(C)(C)C)C(=O)NCCOC. The van der Waals surface area contributed by atoms with E-state index in [4.69, 9.17) is 4.74 Å². The highest BCUT2D eigenvalue weighted by molar-refractivity contribution is 5.80. The maximum atomic E-state index is 12.4. The molecule has 0 aliphatic carbocycles. The zero-order valence-corrected chi connectivity index (χ0v) is 18.4. The van der Waals surface area contributed by atoms with E-state index in [-0.39, 0.29) is 42.5 Å². The third-order valence-corrected chi connectivity index (χ3v) is 4.62. The van der Waals surface area contributed by atoms with Gasteiger partial charge < -0.3 is 35.8 Å². The van der Waals surface area contributed by atoms with Crippen LogP contribution in [0.1, 0.15) is 53.4 Å². The van der Waals surface area contributed by atoms with Crippen molar-refractivity contribution >= 4 is 11.8 Å². The largest absolute Gasteiger partial charge is 0.390 e. The Morgan fingerprint density at radius 3 is 2.10 bits per heavy atom. The molecule has 1 unspecified atom stereocenters. The van der Waals surface area contributed by atoms with Gasteiger partial charge in [0, 0.05) is 32.5 Å². The molecular formula is C20H40N2O7. The number of aliphatic hydroxyl groups is 4. The van der Waals surface area contributed by atoms with E-state index in [1.54, 1.807) is 14.0 Å². The predicted molar refractivity (Wildman–Crippen MR) is 109 cm³/mol. The molecule has 0 saturated heterocycles. The molecule has 0 aliphatic rings. The monoisotopic (exact) mass is 420 g/mol. The highest BCUT2D eigenvalue weighted by Crippen LogP contribution is 2.27. The normalized spacial score (nSPS) is 17.1. The van der Waals surface area contributed by atoms with Crippen LogP contribution in [0, 0.1) is 11.3 Å². The molecular weight excluding hydrogens is 380 g/mol. The molecule has 0 fully saturated rings. The van der Waals surface area contributed by atoms with E-state index in [2.05, 4.69) is 10.6 Å². The molecule has 0 spiro atoms. The number of aliphatic hydroxyl groups excluding tert-OH is 4. The minimum Gasteiger partial charge on any atom is -0.390 e. The minimum absolute atomic E-state index is 0.0847. The summed E-state index contributed by atoms with van der Waals surface area (Å²) >= 11 is 0. The smallest absolute Gasteiger partial charge is 0.223 e. The van der Waals surface area contributed by atoms with Gasteiger partial charge in [0.15, 0.2) is 0 Å². The summed E-state index contributed by atoms with van der Waals surface area (Å²) in [4.78, 5) is 24.5. The second kappa shape index (κ2) is 13.9. The Morgan fingerprint density at radius 1 is 1.00 bits per heavy atom. The first-order valence-electron chi connectivity index (χ1n) is 10.2. The van der Waals surface area contributed by atoms with Crippen LogP contribution in [-0.4, -0.2) is 83.5 Å². The Hall–Kier alpha value is -1.26. The van der Waals surface area contributed by atoms with Crippen LogP contribution < -0.4 is 10.6 Å². The quantitative estimate of drug-likeness (QED) is 0.209. The van der Waals surface area contributed by atoms with Crippen LogP contribution in [0.4, 0.5) is 0 Å². The first-order chi connectivity index (χ1) is 13.4. The van der Waals surface area contributed by atoms with Gasteiger partial charge in [0.1, 0.15) is 12.2 Å². The number of hydrogen-bond acceptors (Lipinski definition) is 7. The first kappa shape index (κ1) is 27.7. The van der Waals surface area contributed by atoms with E-state index in [1.165, 1.54) is 0 Å². The van der Waals surface area contributed by atoms with Crippen LogP contribution in [0.2, 0.25) is 0 Å². The van der Waals surface area contributed by atoms with Gasteiger partial charge in [-0.1, -0.05) is 27.7 Å². The Kier molecular flexibility index (Phi) is 13.3. The number of carbonyl (C=O) groups is 2. The maximum Gasteiger partial charge on any atom is 0.223 e. The first-order valence-corrected chi connectivity index (χ1v) is 10.2. The molecule has 0 aliphatic heterocycles. The van der Waals surface area contributed by atoms with Crippen LogP contribution >= 0.6 is 0 Å². The number of hydrogen-bond donors (Lipinski definition) is 6. The summed E-state index contributed by atoms with van der Waals surface area (Å²) in [6.45, 7) is 8.25. The molecule has 0 heterocycles. The third-order valence-electron chi connectivity index (χ3n) is 4.62. The number of rotatable bonds is 14. The van der Waals surface area contributed by atoms with E-state index >= 15 is 0 Å². The number of ether oxygens (including phenoxy) is 1.